The van der Waals surface area contributed by atoms with Gasteiger partial charge in [0.15, 0.2) is 0 Å². The van der Waals surface area contributed by atoms with Gasteiger partial charge in [-0.15, -0.1) is 0 Å². The first-order valence-corrected chi connectivity index (χ1v) is 10.8. The Morgan fingerprint density at radius 2 is 1.73 bits per heavy atom. The van der Waals surface area contributed by atoms with Crippen molar-refractivity contribution in [2.45, 2.75) is 13.8 Å². The van der Waals surface area contributed by atoms with Crippen LogP contribution in [-0.2, 0) is 0 Å². The van der Waals surface area contributed by atoms with Crippen LogP contribution in [0.3, 0.4) is 0 Å². The molecule has 0 aliphatic carbocycles. The van der Waals surface area contributed by atoms with Gasteiger partial charge < -0.3 is 0 Å². The highest BCUT2D eigenvalue weighted by molar-refractivity contribution is 6.32. The fourth-order valence-corrected chi connectivity index (χ4v) is 3.96. The number of aromatic nitrogens is 3. The van der Waals surface area contributed by atoms with Gasteiger partial charge in [0.25, 0.3) is 5.56 Å². The molecule has 1 N–H and O–H groups in total. The van der Waals surface area contributed by atoms with Crippen molar-refractivity contribution in [1.29, 1.82) is 0 Å². The number of hydrazone groups is 1. The van der Waals surface area contributed by atoms with Gasteiger partial charge in [0.1, 0.15) is 5.15 Å². The molecule has 0 bridgehead atoms. The number of halogens is 1. The molecule has 0 aliphatic heterocycles. The van der Waals surface area contributed by atoms with Crippen molar-refractivity contribution in [3.8, 4) is 5.69 Å². The molecule has 0 radical (unpaired) electrons. The first kappa shape index (κ1) is 20.8. The second kappa shape index (κ2) is 8.48. The molecule has 0 atom stereocenters. The standard InChI is InChI=1S/C26H20ClN5O/c1-16-11-12-18-14-19(24(27)29-22(18)13-16)15-28-31-26-30-21-9-5-4-8-20(21)25(33)32(26)23-10-6-3-7-17(23)2/h3-15H,1-2H3,(H,30,31). The van der Waals surface area contributed by atoms with Gasteiger partial charge in [0, 0.05) is 10.9 Å². The Bertz CT molecular complexity index is 1610. The van der Waals surface area contributed by atoms with Gasteiger partial charge in [-0.1, -0.05) is 54.1 Å². The van der Waals surface area contributed by atoms with E-state index in [2.05, 4.69) is 20.5 Å². The highest BCUT2D eigenvalue weighted by atomic mass is 35.5. The molecule has 0 saturated carbocycles. The maximum absolute atomic E-state index is 13.4. The number of anilines is 1. The minimum atomic E-state index is -0.173. The minimum Gasteiger partial charge on any atom is -0.268 e. The molecule has 3 aromatic carbocycles. The number of nitrogens with zero attached hydrogens (tertiary/aromatic N) is 4. The summed E-state index contributed by atoms with van der Waals surface area (Å²) in [5.41, 5.74) is 7.64. The Kier molecular flexibility index (Phi) is 5.36. The van der Waals surface area contributed by atoms with E-state index in [1.807, 2.05) is 74.5 Å². The normalized spacial score (nSPS) is 11.5. The smallest absolute Gasteiger partial charge is 0.267 e. The average Bonchev–Trinajstić information content (AvgIpc) is 2.80. The molecule has 6 nitrogen and oxygen atoms in total. The first-order chi connectivity index (χ1) is 16.0. The van der Waals surface area contributed by atoms with E-state index in [1.54, 1.807) is 18.3 Å². The SMILES string of the molecule is Cc1ccc2cc(C=NNc3nc4ccccc4c(=O)n3-c3ccccc3C)c(Cl)nc2c1. The Morgan fingerprint density at radius 1 is 0.939 bits per heavy atom. The molecule has 33 heavy (non-hydrogen) atoms. The van der Waals surface area contributed by atoms with Crippen molar-refractivity contribution >= 4 is 45.6 Å². The summed E-state index contributed by atoms with van der Waals surface area (Å²) in [6, 6.07) is 22.8. The molecule has 5 aromatic rings. The number of hydrogen-bond donors (Lipinski definition) is 1. The molecule has 2 aromatic heterocycles. The molecular weight excluding hydrogens is 434 g/mol. The summed E-state index contributed by atoms with van der Waals surface area (Å²) in [7, 11) is 0. The van der Waals surface area contributed by atoms with Crippen LogP contribution in [0.15, 0.2) is 82.7 Å². The van der Waals surface area contributed by atoms with Gasteiger partial charge >= 0.3 is 0 Å². The van der Waals surface area contributed by atoms with E-state index in [4.69, 9.17) is 11.6 Å². The van der Waals surface area contributed by atoms with Gasteiger partial charge in [0.2, 0.25) is 5.95 Å². The van der Waals surface area contributed by atoms with E-state index in [0.29, 0.717) is 27.6 Å². The molecule has 0 unspecified atom stereocenters. The maximum atomic E-state index is 13.4. The summed E-state index contributed by atoms with van der Waals surface area (Å²) < 4.78 is 1.54. The highest BCUT2D eigenvalue weighted by Crippen LogP contribution is 2.21. The van der Waals surface area contributed by atoms with Crippen LogP contribution in [-0.4, -0.2) is 20.7 Å². The van der Waals surface area contributed by atoms with Gasteiger partial charge in [-0.3, -0.25) is 4.79 Å². The van der Waals surface area contributed by atoms with Crippen LogP contribution in [0.4, 0.5) is 5.95 Å². The lowest BCUT2D eigenvalue weighted by molar-refractivity contribution is 0.947. The summed E-state index contributed by atoms with van der Waals surface area (Å²) >= 11 is 6.39. The summed E-state index contributed by atoms with van der Waals surface area (Å²) in [6.45, 7) is 3.96. The Balaban J connectivity index is 1.59. The fourth-order valence-electron chi connectivity index (χ4n) is 3.77. The van der Waals surface area contributed by atoms with Crippen LogP contribution in [0.25, 0.3) is 27.5 Å². The van der Waals surface area contributed by atoms with E-state index in [1.165, 1.54) is 4.57 Å². The van der Waals surface area contributed by atoms with Crippen LogP contribution in [0.2, 0.25) is 5.15 Å². The van der Waals surface area contributed by atoms with Crippen molar-refractivity contribution < 1.29 is 0 Å². The lowest BCUT2D eigenvalue weighted by atomic mass is 10.1. The Morgan fingerprint density at radius 3 is 2.58 bits per heavy atom. The summed E-state index contributed by atoms with van der Waals surface area (Å²) in [5, 5.41) is 6.19. The van der Waals surface area contributed by atoms with Crippen LogP contribution >= 0.6 is 11.6 Å². The topological polar surface area (TPSA) is 72.2 Å². The van der Waals surface area contributed by atoms with Crippen molar-refractivity contribution in [3.05, 3.63) is 105 Å². The summed E-state index contributed by atoms with van der Waals surface area (Å²) in [6.07, 6.45) is 1.58. The lowest BCUT2D eigenvalue weighted by Crippen LogP contribution is -2.23. The van der Waals surface area contributed by atoms with Crippen LogP contribution in [0.1, 0.15) is 16.7 Å². The van der Waals surface area contributed by atoms with Crippen LogP contribution < -0.4 is 11.0 Å². The molecule has 0 saturated heterocycles. The zero-order chi connectivity index (χ0) is 22.9. The third kappa shape index (κ3) is 3.97. The van der Waals surface area contributed by atoms with Gasteiger partial charge in [-0.2, -0.15) is 5.10 Å². The van der Waals surface area contributed by atoms with E-state index in [9.17, 15) is 4.79 Å². The number of nitrogens with one attached hydrogen (secondary N) is 1. The van der Waals surface area contributed by atoms with Crippen LogP contribution in [0.5, 0.6) is 0 Å². The van der Waals surface area contributed by atoms with Crippen molar-refractivity contribution in [2.24, 2.45) is 5.10 Å². The molecule has 5 rings (SSSR count). The first-order valence-electron chi connectivity index (χ1n) is 10.4. The zero-order valence-corrected chi connectivity index (χ0v) is 18.8. The second-order valence-corrected chi connectivity index (χ2v) is 8.17. The summed E-state index contributed by atoms with van der Waals surface area (Å²) in [4.78, 5) is 22.5. The molecular formula is C26H20ClN5O. The molecule has 0 amide bonds. The monoisotopic (exact) mass is 453 g/mol. The third-order valence-corrected chi connectivity index (χ3v) is 5.76. The molecule has 0 fully saturated rings. The van der Waals surface area contributed by atoms with E-state index < -0.39 is 0 Å². The highest BCUT2D eigenvalue weighted by Gasteiger charge is 2.14. The number of pyridine rings is 1. The predicted octanol–water partition coefficient (Wildman–Crippen LogP) is 5.65. The van der Waals surface area contributed by atoms with Gasteiger partial charge in [0.05, 0.1) is 28.3 Å². The quantitative estimate of drug-likeness (QED) is 0.217. The van der Waals surface area contributed by atoms with Crippen molar-refractivity contribution in [1.82, 2.24) is 14.5 Å². The van der Waals surface area contributed by atoms with Crippen molar-refractivity contribution in [3.63, 3.8) is 0 Å². The Labute approximate surface area is 195 Å². The molecule has 0 aliphatic rings. The predicted molar refractivity (Wildman–Crippen MR) is 135 cm³/mol. The van der Waals surface area contributed by atoms with E-state index in [0.717, 1.165) is 27.7 Å². The fraction of sp³-hybridized carbons (Fsp3) is 0.0769. The largest absolute Gasteiger partial charge is 0.268 e. The number of benzene rings is 3. The third-order valence-electron chi connectivity index (χ3n) is 5.45. The average molecular weight is 454 g/mol. The van der Waals surface area contributed by atoms with Crippen molar-refractivity contribution in [2.75, 3.05) is 5.43 Å². The number of rotatable bonds is 4. The summed E-state index contributed by atoms with van der Waals surface area (Å²) in [5.74, 6) is 0.310. The van der Waals surface area contributed by atoms with Gasteiger partial charge in [-0.25, -0.2) is 20.0 Å². The van der Waals surface area contributed by atoms with Crippen LogP contribution in [0, 0.1) is 13.8 Å². The zero-order valence-electron chi connectivity index (χ0n) is 18.1. The van der Waals surface area contributed by atoms with E-state index >= 15 is 0 Å². The minimum absolute atomic E-state index is 0.173. The number of fused-ring (bicyclic) bond motifs is 2. The lowest BCUT2D eigenvalue weighted by Gasteiger charge is -2.14. The number of aryl methyl sites for hydroxylation is 2. The number of hydrogen-bond acceptors (Lipinski definition) is 5. The van der Waals surface area contributed by atoms with E-state index in [-0.39, 0.29) is 5.56 Å². The molecule has 2 heterocycles. The second-order valence-electron chi connectivity index (χ2n) is 7.81. The Hall–Kier alpha value is -4.03. The maximum Gasteiger partial charge on any atom is 0.267 e. The number of para-hydroxylation sites is 2. The van der Waals surface area contributed by atoms with Gasteiger partial charge in [-0.05, 0) is 55.3 Å². The molecule has 0 spiro atoms. The molecule has 162 valence electrons. The molecule has 7 heteroatoms.